The van der Waals surface area contributed by atoms with Crippen molar-refractivity contribution in [2.24, 2.45) is 0 Å². The van der Waals surface area contributed by atoms with E-state index in [9.17, 15) is 19.5 Å². The molecule has 0 bridgehead atoms. The number of Topliss-reactive ketones (excluding diaryl/α,β-unsaturated/α-hetero) is 1. The standard InChI is InChI=1S/C29H27ClN2O6S/c1-5-12-37-20-10-11-21(16(3)14-20)24(33)22-23(18-8-7-9-19(30)15-18)32(27(35)25(22)34)29-31-17(4)26(39-29)28(36)38-13-6-2/h6-11,14-15,23,33H,2,5,12-13H2,1,3-4H3/t23-/m1/s1. The average Bonchev–Trinajstić information content (AvgIpc) is 3.42. The van der Waals surface area contributed by atoms with Gasteiger partial charge in [0.1, 0.15) is 23.0 Å². The molecule has 1 aliphatic rings. The molecule has 0 unspecified atom stereocenters. The highest BCUT2D eigenvalue weighted by Crippen LogP contribution is 2.44. The van der Waals surface area contributed by atoms with Crippen LogP contribution < -0.4 is 9.64 Å². The van der Waals surface area contributed by atoms with Gasteiger partial charge in [0.2, 0.25) is 0 Å². The minimum absolute atomic E-state index is 0.0140. The van der Waals surface area contributed by atoms with Gasteiger partial charge >= 0.3 is 11.9 Å². The highest BCUT2D eigenvalue weighted by Gasteiger charge is 2.48. The lowest BCUT2D eigenvalue weighted by Crippen LogP contribution is -2.29. The van der Waals surface area contributed by atoms with Crippen LogP contribution in [0.2, 0.25) is 5.02 Å². The van der Waals surface area contributed by atoms with Gasteiger partial charge in [0.15, 0.2) is 5.13 Å². The van der Waals surface area contributed by atoms with Crippen LogP contribution >= 0.6 is 22.9 Å². The molecule has 0 radical (unpaired) electrons. The molecule has 10 heteroatoms. The second-order valence-electron chi connectivity index (χ2n) is 8.85. The van der Waals surface area contributed by atoms with Crippen LogP contribution in [-0.2, 0) is 14.3 Å². The van der Waals surface area contributed by atoms with Gasteiger partial charge in [-0.25, -0.2) is 9.78 Å². The van der Waals surface area contributed by atoms with Crippen molar-refractivity contribution >= 4 is 51.5 Å². The fourth-order valence-electron chi connectivity index (χ4n) is 4.25. The summed E-state index contributed by atoms with van der Waals surface area (Å²) in [7, 11) is 0. The first kappa shape index (κ1) is 28.1. The number of hydrogen-bond acceptors (Lipinski definition) is 8. The van der Waals surface area contributed by atoms with Crippen molar-refractivity contribution in [1.29, 1.82) is 0 Å². The van der Waals surface area contributed by atoms with E-state index in [0.717, 1.165) is 17.8 Å². The number of aliphatic hydroxyl groups excluding tert-OH is 1. The zero-order valence-corrected chi connectivity index (χ0v) is 23.3. The van der Waals surface area contributed by atoms with Crippen molar-refractivity contribution < 1.29 is 29.0 Å². The van der Waals surface area contributed by atoms with Crippen LogP contribution in [0.3, 0.4) is 0 Å². The van der Waals surface area contributed by atoms with Gasteiger partial charge in [-0.1, -0.05) is 54.6 Å². The molecule has 1 fully saturated rings. The number of carbonyl (C=O) groups is 3. The monoisotopic (exact) mass is 566 g/mol. The highest BCUT2D eigenvalue weighted by molar-refractivity contribution is 7.17. The summed E-state index contributed by atoms with van der Waals surface area (Å²) in [5.74, 6) is -2.09. The molecule has 0 spiro atoms. The maximum absolute atomic E-state index is 13.5. The maximum atomic E-state index is 13.5. The molecular formula is C29H27ClN2O6S. The third-order valence-electron chi connectivity index (χ3n) is 6.04. The van der Waals surface area contributed by atoms with Gasteiger partial charge in [0.05, 0.1) is 23.9 Å². The van der Waals surface area contributed by atoms with Crippen LogP contribution in [0.1, 0.15) is 51.4 Å². The first-order valence-electron chi connectivity index (χ1n) is 12.2. The molecule has 1 saturated heterocycles. The van der Waals surface area contributed by atoms with Gasteiger partial charge in [-0.3, -0.25) is 14.5 Å². The minimum atomic E-state index is -1.04. The van der Waals surface area contributed by atoms with Crippen molar-refractivity contribution in [2.75, 3.05) is 18.1 Å². The summed E-state index contributed by atoms with van der Waals surface area (Å²) in [6.07, 6.45) is 2.28. The molecule has 1 amide bonds. The molecule has 4 rings (SSSR count). The number of esters is 1. The van der Waals surface area contributed by atoms with Crippen LogP contribution in [0.25, 0.3) is 5.76 Å². The number of nitrogens with zero attached hydrogens (tertiary/aromatic N) is 2. The Morgan fingerprint density at radius 2 is 2.00 bits per heavy atom. The van der Waals surface area contributed by atoms with E-state index in [4.69, 9.17) is 21.1 Å². The zero-order valence-electron chi connectivity index (χ0n) is 21.7. The summed E-state index contributed by atoms with van der Waals surface area (Å²) >= 11 is 7.20. The van der Waals surface area contributed by atoms with Crippen molar-refractivity contribution in [3.05, 3.63) is 93.0 Å². The second kappa shape index (κ2) is 11.8. The summed E-state index contributed by atoms with van der Waals surface area (Å²) < 4.78 is 10.8. The summed E-state index contributed by atoms with van der Waals surface area (Å²) in [6.45, 7) is 9.48. The molecule has 0 aliphatic carbocycles. The molecular weight excluding hydrogens is 540 g/mol. The highest BCUT2D eigenvalue weighted by atomic mass is 35.5. The van der Waals surface area contributed by atoms with Crippen LogP contribution in [0, 0.1) is 13.8 Å². The molecule has 8 nitrogen and oxygen atoms in total. The quantitative estimate of drug-likeness (QED) is 0.108. The number of carbonyl (C=O) groups excluding carboxylic acids is 3. The van der Waals surface area contributed by atoms with E-state index in [2.05, 4.69) is 11.6 Å². The summed E-state index contributed by atoms with van der Waals surface area (Å²) in [5.41, 5.74) is 1.76. The van der Waals surface area contributed by atoms with E-state index in [1.165, 1.54) is 11.0 Å². The number of thiazole rings is 1. The number of hydrogen-bond donors (Lipinski definition) is 1. The van der Waals surface area contributed by atoms with E-state index in [1.54, 1.807) is 56.3 Å². The van der Waals surface area contributed by atoms with Gasteiger partial charge in [0.25, 0.3) is 5.78 Å². The van der Waals surface area contributed by atoms with E-state index >= 15 is 0 Å². The van der Waals surface area contributed by atoms with Crippen LogP contribution in [0.5, 0.6) is 5.75 Å². The van der Waals surface area contributed by atoms with E-state index in [0.29, 0.717) is 39.8 Å². The van der Waals surface area contributed by atoms with E-state index in [1.807, 2.05) is 6.92 Å². The average molecular weight is 567 g/mol. The Bertz CT molecular complexity index is 1490. The molecule has 3 aromatic rings. The Morgan fingerprint density at radius 1 is 1.23 bits per heavy atom. The third kappa shape index (κ3) is 5.60. The van der Waals surface area contributed by atoms with Crippen molar-refractivity contribution in [3.8, 4) is 5.75 Å². The third-order valence-corrected chi connectivity index (χ3v) is 7.42. The van der Waals surface area contributed by atoms with Crippen molar-refractivity contribution in [1.82, 2.24) is 4.98 Å². The molecule has 2 heterocycles. The second-order valence-corrected chi connectivity index (χ2v) is 10.3. The Morgan fingerprint density at radius 3 is 2.67 bits per heavy atom. The molecule has 1 aromatic heterocycles. The summed E-state index contributed by atoms with van der Waals surface area (Å²) in [5, 5.41) is 12.0. The number of amides is 1. The lowest BCUT2D eigenvalue weighted by Gasteiger charge is -2.23. The number of aliphatic hydroxyl groups is 1. The summed E-state index contributed by atoms with van der Waals surface area (Å²) in [6, 6.07) is 10.8. The van der Waals surface area contributed by atoms with E-state index < -0.39 is 23.7 Å². The van der Waals surface area contributed by atoms with Gasteiger partial charge in [-0.2, -0.15) is 0 Å². The number of aryl methyl sites for hydroxylation is 2. The van der Waals surface area contributed by atoms with Crippen LogP contribution in [0.4, 0.5) is 5.13 Å². The fraction of sp³-hybridized carbons (Fsp3) is 0.241. The first-order chi connectivity index (χ1) is 18.7. The largest absolute Gasteiger partial charge is 0.507 e. The molecule has 1 aliphatic heterocycles. The Balaban J connectivity index is 1.86. The summed E-state index contributed by atoms with van der Waals surface area (Å²) in [4.78, 5) is 45.3. The number of rotatable bonds is 9. The molecule has 202 valence electrons. The number of benzene rings is 2. The van der Waals surface area contributed by atoms with E-state index in [-0.39, 0.29) is 27.9 Å². The SMILES string of the molecule is C=CCOC(=O)c1sc(N2C(=O)C(=O)C(=C(O)c3ccc(OCCC)cc3C)[C@H]2c2cccc(Cl)c2)nc1C. The molecule has 0 saturated carbocycles. The lowest BCUT2D eigenvalue weighted by molar-refractivity contribution is -0.132. The lowest BCUT2D eigenvalue weighted by atomic mass is 9.94. The van der Waals surface area contributed by atoms with Crippen LogP contribution in [0.15, 0.2) is 60.7 Å². The molecule has 1 N–H and O–H groups in total. The number of aromatic nitrogens is 1. The van der Waals surface area contributed by atoms with Gasteiger partial charge in [-0.05, 0) is 61.7 Å². The van der Waals surface area contributed by atoms with Gasteiger partial charge in [0, 0.05) is 10.6 Å². The van der Waals surface area contributed by atoms with Gasteiger partial charge in [-0.15, -0.1) is 0 Å². The normalized spacial score (nSPS) is 16.4. The fourth-order valence-corrected chi connectivity index (χ4v) is 5.44. The molecule has 1 atom stereocenters. The van der Waals surface area contributed by atoms with Crippen LogP contribution in [-0.4, -0.2) is 41.0 Å². The predicted molar refractivity (Wildman–Crippen MR) is 151 cm³/mol. The maximum Gasteiger partial charge on any atom is 0.350 e. The van der Waals surface area contributed by atoms with Crippen molar-refractivity contribution in [2.45, 2.75) is 33.2 Å². The number of ether oxygens (including phenoxy) is 2. The number of anilines is 1. The first-order valence-corrected chi connectivity index (χ1v) is 13.4. The minimum Gasteiger partial charge on any atom is -0.507 e. The predicted octanol–water partition coefficient (Wildman–Crippen LogP) is 6.17. The zero-order chi connectivity index (χ0) is 28.3. The Kier molecular flexibility index (Phi) is 8.52. The Labute approximate surface area is 235 Å². The smallest absolute Gasteiger partial charge is 0.350 e. The molecule has 39 heavy (non-hydrogen) atoms. The number of ketones is 1. The topological polar surface area (TPSA) is 106 Å². The molecule has 2 aromatic carbocycles. The van der Waals surface area contributed by atoms with Crippen molar-refractivity contribution in [3.63, 3.8) is 0 Å². The number of halogens is 1. The Hall–Kier alpha value is -3.95. The van der Waals surface area contributed by atoms with Gasteiger partial charge < -0.3 is 14.6 Å².